The number of amides is 4. The molecule has 0 saturated carbocycles. The van der Waals surface area contributed by atoms with Crippen LogP contribution in [0.5, 0.6) is 5.75 Å². The van der Waals surface area contributed by atoms with Gasteiger partial charge in [-0.2, -0.15) is 0 Å². The zero-order valence-electron chi connectivity index (χ0n) is 19.3. The number of urea groups is 1. The highest BCUT2D eigenvalue weighted by atomic mass is 127. The number of benzene rings is 3. The van der Waals surface area contributed by atoms with E-state index in [1.807, 2.05) is 51.1 Å². The molecule has 1 saturated heterocycles. The summed E-state index contributed by atoms with van der Waals surface area (Å²) < 4.78 is 7.53. The lowest BCUT2D eigenvalue weighted by Crippen LogP contribution is -2.54. The van der Waals surface area contributed by atoms with Gasteiger partial charge >= 0.3 is 6.03 Å². The maximum atomic E-state index is 13.2. The molecule has 0 unspecified atom stereocenters. The maximum Gasteiger partial charge on any atom is 0.335 e. The number of barbiturate groups is 1. The third kappa shape index (κ3) is 5.48. The van der Waals surface area contributed by atoms with Crippen molar-refractivity contribution in [2.75, 3.05) is 4.90 Å². The number of nitrogens with one attached hydrogen (secondary N) is 1. The zero-order valence-corrected chi connectivity index (χ0v) is 23.1. The first-order valence-corrected chi connectivity index (χ1v) is 12.7. The number of halogens is 2. The second kappa shape index (κ2) is 10.3. The van der Waals surface area contributed by atoms with Crippen LogP contribution in [-0.2, 0) is 16.2 Å². The van der Waals surface area contributed by atoms with Crippen molar-refractivity contribution in [3.05, 3.63) is 96.0 Å². The standard InChI is InChI=1S/C27H22BrIN2O4/c1-15-5-4-6-18(9-15)14-35-24-22(28)12-19(13-23(24)29)11-21-25(32)30-27(34)31(26(21)33)20-8-7-16(2)17(3)10-20/h4-13H,14H2,1-3H3,(H,30,32,34)/b21-11+. The molecule has 0 bridgehead atoms. The van der Waals surface area contributed by atoms with E-state index in [9.17, 15) is 14.4 Å². The lowest BCUT2D eigenvalue weighted by atomic mass is 10.0. The van der Waals surface area contributed by atoms with Crippen molar-refractivity contribution in [3.63, 3.8) is 0 Å². The Bertz CT molecular complexity index is 1380. The van der Waals surface area contributed by atoms with Gasteiger partial charge in [0.05, 0.1) is 13.7 Å². The fraction of sp³-hybridized carbons (Fsp3) is 0.148. The number of aryl methyl sites for hydroxylation is 3. The van der Waals surface area contributed by atoms with Gasteiger partial charge in [0.15, 0.2) is 0 Å². The lowest BCUT2D eigenvalue weighted by Gasteiger charge is -2.27. The molecular weight excluding hydrogens is 623 g/mol. The molecule has 0 aromatic heterocycles. The summed E-state index contributed by atoms with van der Waals surface area (Å²) in [4.78, 5) is 39.2. The summed E-state index contributed by atoms with van der Waals surface area (Å²) in [7, 11) is 0. The lowest BCUT2D eigenvalue weighted by molar-refractivity contribution is -0.122. The van der Waals surface area contributed by atoms with Crippen LogP contribution < -0.4 is 15.0 Å². The molecule has 1 fully saturated rings. The van der Waals surface area contributed by atoms with Gasteiger partial charge in [-0.3, -0.25) is 14.9 Å². The quantitative estimate of drug-likeness (QED) is 0.203. The van der Waals surface area contributed by atoms with Gasteiger partial charge < -0.3 is 4.74 Å². The van der Waals surface area contributed by atoms with E-state index in [4.69, 9.17) is 4.74 Å². The molecule has 3 aromatic rings. The van der Waals surface area contributed by atoms with Crippen LogP contribution in [0.3, 0.4) is 0 Å². The summed E-state index contributed by atoms with van der Waals surface area (Å²) in [6, 6.07) is 16.2. The van der Waals surface area contributed by atoms with Crippen LogP contribution in [0.2, 0.25) is 0 Å². The van der Waals surface area contributed by atoms with Gasteiger partial charge in [0.2, 0.25) is 0 Å². The fourth-order valence-electron chi connectivity index (χ4n) is 3.68. The topological polar surface area (TPSA) is 75.7 Å². The molecule has 1 aliphatic heterocycles. The van der Waals surface area contributed by atoms with E-state index < -0.39 is 17.8 Å². The minimum absolute atomic E-state index is 0.126. The number of carbonyl (C=O) groups is 3. The molecule has 0 spiro atoms. The summed E-state index contributed by atoms with van der Waals surface area (Å²) in [6.07, 6.45) is 1.48. The van der Waals surface area contributed by atoms with Gasteiger partial charge in [0, 0.05) is 0 Å². The van der Waals surface area contributed by atoms with Gasteiger partial charge in [-0.1, -0.05) is 35.9 Å². The Morgan fingerprint density at radius 2 is 1.77 bits per heavy atom. The summed E-state index contributed by atoms with van der Waals surface area (Å²) in [6.45, 7) is 6.28. The molecular formula is C27H22BrIN2O4. The second-order valence-corrected chi connectivity index (χ2v) is 10.3. The SMILES string of the molecule is Cc1cccc(COc2c(Br)cc(/C=C3\C(=O)NC(=O)N(c4ccc(C)c(C)c4)C3=O)cc2I)c1. The number of ether oxygens (including phenoxy) is 1. The van der Waals surface area contributed by atoms with Crippen LogP contribution >= 0.6 is 38.5 Å². The van der Waals surface area contributed by atoms with Crippen molar-refractivity contribution in [2.24, 2.45) is 0 Å². The van der Waals surface area contributed by atoms with Crippen molar-refractivity contribution >= 4 is 68.1 Å². The molecule has 4 amide bonds. The largest absolute Gasteiger partial charge is 0.487 e. The molecule has 1 aliphatic rings. The number of hydrogen-bond acceptors (Lipinski definition) is 4. The third-order valence-electron chi connectivity index (χ3n) is 5.65. The van der Waals surface area contributed by atoms with E-state index in [0.29, 0.717) is 28.1 Å². The van der Waals surface area contributed by atoms with Gasteiger partial charge in [-0.25, -0.2) is 9.69 Å². The molecule has 35 heavy (non-hydrogen) atoms. The van der Waals surface area contributed by atoms with E-state index in [-0.39, 0.29) is 5.57 Å². The Kier molecular flexibility index (Phi) is 7.42. The first kappa shape index (κ1) is 25.1. The molecule has 1 N–H and O–H groups in total. The minimum atomic E-state index is -0.768. The number of nitrogens with zero attached hydrogens (tertiary/aromatic N) is 1. The van der Waals surface area contributed by atoms with Crippen LogP contribution in [0.1, 0.15) is 27.8 Å². The average molecular weight is 645 g/mol. The van der Waals surface area contributed by atoms with Gasteiger partial charge in [0.25, 0.3) is 11.8 Å². The predicted octanol–water partition coefficient (Wildman–Crippen LogP) is 6.22. The zero-order chi connectivity index (χ0) is 25.3. The van der Waals surface area contributed by atoms with Crippen molar-refractivity contribution < 1.29 is 19.1 Å². The summed E-state index contributed by atoms with van der Waals surface area (Å²) in [5, 5.41) is 2.27. The molecule has 0 atom stereocenters. The highest BCUT2D eigenvalue weighted by Crippen LogP contribution is 2.34. The normalized spacial score (nSPS) is 14.9. The molecule has 178 valence electrons. The minimum Gasteiger partial charge on any atom is -0.487 e. The Balaban J connectivity index is 1.62. The summed E-state index contributed by atoms with van der Waals surface area (Å²) >= 11 is 5.70. The van der Waals surface area contributed by atoms with Crippen molar-refractivity contribution in [3.8, 4) is 5.75 Å². The van der Waals surface area contributed by atoms with E-state index >= 15 is 0 Å². The highest BCUT2D eigenvalue weighted by molar-refractivity contribution is 14.1. The maximum absolute atomic E-state index is 13.2. The Morgan fingerprint density at radius 3 is 2.46 bits per heavy atom. The second-order valence-electron chi connectivity index (χ2n) is 8.32. The molecule has 3 aromatic carbocycles. The fourth-order valence-corrected chi connectivity index (χ4v) is 5.45. The molecule has 4 rings (SSSR count). The van der Waals surface area contributed by atoms with Crippen molar-refractivity contribution in [2.45, 2.75) is 27.4 Å². The van der Waals surface area contributed by atoms with Crippen LogP contribution in [0.25, 0.3) is 6.08 Å². The van der Waals surface area contributed by atoms with E-state index in [1.54, 1.807) is 18.2 Å². The molecule has 0 radical (unpaired) electrons. The number of rotatable bonds is 5. The van der Waals surface area contributed by atoms with E-state index in [1.165, 1.54) is 6.08 Å². The molecule has 0 aliphatic carbocycles. The smallest absolute Gasteiger partial charge is 0.335 e. The van der Waals surface area contributed by atoms with Gasteiger partial charge in [0.1, 0.15) is 17.9 Å². The summed E-state index contributed by atoms with van der Waals surface area (Å²) in [5.41, 5.74) is 5.09. The van der Waals surface area contributed by atoms with Crippen LogP contribution in [0.4, 0.5) is 10.5 Å². The summed E-state index contributed by atoms with van der Waals surface area (Å²) in [5.74, 6) is -0.737. The Hall–Kier alpha value is -2.98. The number of carbonyl (C=O) groups excluding carboxylic acids is 3. The van der Waals surface area contributed by atoms with Crippen LogP contribution in [0, 0.1) is 24.3 Å². The first-order chi connectivity index (χ1) is 16.6. The number of imide groups is 2. The van der Waals surface area contributed by atoms with Crippen molar-refractivity contribution in [1.82, 2.24) is 5.32 Å². The molecule has 8 heteroatoms. The average Bonchev–Trinajstić information content (AvgIpc) is 2.78. The van der Waals surface area contributed by atoms with Gasteiger partial charge in [-0.05, 0) is 112 Å². The number of hydrogen-bond donors (Lipinski definition) is 1. The van der Waals surface area contributed by atoms with E-state index in [2.05, 4.69) is 49.9 Å². The number of anilines is 1. The highest BCUT2D eigenvalue weighted by Gasteiger charge is 2.37. The third-order valence-corrected chi connectivity index (χ3v) is 7.04. The monoisotopic (exact) mass is 644 g/mol. The Morgan fingerprint density at radius 1 is 1.00 bits per heavy atom. The van der Waals surface area contributed by atoms with Crippen LogP contribution in [0.15, 0.2) is 64.6 Å². The Labute approximate surface area is 225 Å². The van der Waals surface area contributed by atoms with Crippen LogP contribution in [-0.4, -0.2) is 17.8 Å². The van der Waals surface area contributed by atoms with E-state index in [0.717, 1.165) is 30.7 Å². The molecule has 1 heterocycles. The molecule has 6 nitrogen and oxygen atoms in total. The first-order valence-electron chi connectivity index (χ1n) is 10.8. The van der Waals surface area contributed by atoms with Crippen molar-refractivity contribution in [1.29, 1.82) is 0 Å². The predicted molar refractivity (Wildman–Crippen MR) is 147 cm³/mol. The van der Waals surface area contributed by atoms with Gasteiger partial charge in [-0.15, -0.1) is 0 Å².